The summed E-state index contributed by atoms with van der Waals surface area (Å²) in [6.45, 7) is 9.95. The van der Waals surface area contributed by atoms with Crippen molar-refractivity contribution in [3.63, 3.8) is 0 Å². The van der Waals surface area contributed by atoms with Crippen LogP contribution >= 0.6 is 11.9 Å². The van der Waals surface area contributed by atoms with Crippen LogP contribution in [-0.4, -0.2) is 41.9 Å². The molecule has 0 spiro atoms. The molecule has 0 radical (unpaired) electrons. The number of benzene rings is 2. The number of anilines is 1. The first-order chi connectivity index (χ1) is 15.9. The van der Waals surface area contributed by atoms with E-state index in [-0.39, 0.29) is 31.5 Å². The fourth-order valence-corrected chi connectivity index (χ4v) is 3.88. The van der Waals surface area contributed by atoms with Crippen molar-refractivity contribution in [1.82, 2.24) is 9.62 Å². The third-order valence-corrected chi connectivity index (χ3v) is 5.55. The number of carbonyl (C=O) groups excluding carboxylic acids is 3. The van der Waals surface area contributed by atoms with Crippen molar-refractivity contribution in [2.75, 3.05) is 25.0 Å². The minimum absolute atomic E-state index is 0.0452. The first-order valence-electron chi connectivity index (χ1n) is 10.9. The average Bonchev–Trinajstić information content (AvgIpc) is 2.92. The largest absolute Gasteiger partial charge is 0.450 e. The van der Waals surface area contributed by atoms with Crippen LogP contribution in [-0.2, 0) is 14.3 Å². The molecule has 0 bridgehead atoms. The molecule has 0 unspecified atom stereocenters. The highest BCUT2D eigenvalue weighted by Crippen LogP contribution is 2.27. The zero-order valence-electron chi connectivity index (χ0n) is 19.7. The molecule has 0 saturated carbocycles. The zero-order valence-corrected chi connectivity index (χ0v) is 20.5. The summed E-state index contributed by atoms with van der Waals surface area (Å²) in [5.74, 6) is -0.488. The van der Waals surface area contributed by atoms with Gasteiger partial charge in [0, 0.05) is 17.0 Å². The third kappa shape index (κ3) is 7.68. The predicted molar refractivity (Wildman–Crippen MR) is 133 cm³/mol. The van der Waals surface area contributed by atoms with Gasteiger partial charge in [-0.2, -0.15) is 0 Å². The number of carbonyl (C=O) groups is 3. The molecule has 1 aliphatic heterocycles. The van der Waals surface area contributed by atoms with Crippen LogP contribution in [0.5, 0.6) is 0 Å². The van der Waals surface area contributed by atoms with Crippen LogP contribution in [0.1, 0.15) is 37.5 Å². The SMILES string of the molecule is CC.CCOC(=O)Nc1ccc(C)cc1/C=C1\CNC(=O)CN(Sc2ccc(C)cc2)C1=O. The maximum Gasteiger partial charge on any atom is 0.411 e. The molecule has 1 heterocycles. The molecule has 0 aliphatic carbocycles. The topological polar surface area (TPSA) is 87.7 Å². The highest BCUT2D eigenvalue weighted by atomic mass is 32.2. The molecule has 2 N–H and O–H groups in total. The molecule has 33 heavy (non-hydrogen) atoms. The number of amides is 3. The summed E-state index contributed by atoms with van der Waals surface area (Å²) in [7, 11) is 0. The number of ether oxygens (including phenoxy) is 1. The Morgan fingerprint density at radius 1 is 1.12 bits per heavy atom. The first kappa shape index (κ1) is 26.0. The van der Waals surface area contributed by atoms with Gasteiger partial charge in [0.25, 0.3) is 5.91 Å². The molecule has 176 valence electrons. The van der Waals surface area contributed by atoms with Crippen molar-refractivity contribution in [1.29, 1.82) is 0 Å². The van der Waals surface area contributed by atoms with E-state index >= 15 is 0 Å². The minimum atomic E-state index is -0.567. The molecule has 1 saturated heterocycles. The molecule has 8 heteroatoms. The van der Waals surface area contributed by atoms with E-state index in [0.717, 1.165) is 16.0 Å². The van der Waals surface area contributed by atoms with Crippen LogP contribution < -0.4 is 10.6 Å². The van der Waals surface area contributed by atoms with Gasteiger partial charge in [-0.1, -0.05) is 43.2 Å². The molecule has 1 aliphatic rings. The summed E-state index contributed by atoms with van der Waals surface area (Å²) in [5.41, 5.74) is 3.69. The quantitative estimate of drug-likeness (QED) is 0.478. The summed E-state index contributed by atoms with van der Waals surface area (Å²) < 4.78 is 6.41. The van der Waals surface area contributed by atoms with Gasteiger partial charge in [0.2, 0.25) is 5.91 Å². The second-order valence-electron chi connectivity index (χ2n) is 7.13. The summed E-state index contributed by atoms with van der Waals surface area (Å²) in [5, 5.41) is 5.47. The van der Waals surface area contributed by atoms with Gasteiger partial charge < -0.3 is 10.1 Å². The molecule has 7 nitrogen and oxygen atoms in total. The fourth-order valence-electron chi connectivity index (χ4n) is 2.98. The highest BCUT2D eigenvalue weighted by molar-refractivity contribution is 7.97. The van der Waals surface area contributed by atoms with Crippen molar-refractivity contribution in [3.8, 4) is 0 Å². The molecule has 3 amide bonds. The Bertz CT molecular complexity index is 1020. The average molecular weight is 470 g/mol. The number of rotatable bonds is 5. The molecular formula is C25H31N3O4S. The molecule has 0 atom stereocenters. The predicted octanol–water partition coefficient (Wildman–Crippen LogP) is 4.95. The standard InChI is InChI=1S/C23H25N3O4S.C2H6/c1-4-30-23(29)25-20-10-7-16(3)11-17(20)12-18-13-24-21(27)14-26(22(18)28)31-19-8-5-15(2)6-9-19;1-2/h5-12H,4,13-14H2,1-3H3,(H,24,27)(H,25,29);1-2H3/b18-12+;. The van der Waals surface area contributed by atoms with Gasteiger partial charge in [-0.25, -0.2) is 4.79 Å². The lowest BCUT2D eigenvalue weighted by Crippen LogP contribution is -2.31. The number of hydrogen-bond donors (Lipinski definition) is 2. The lowest BCUT2D eigenvalue weighted by molar-refractivity contribution is -0.126. The molecule has 0 aromatic heterocycles. The second kappa shape index (κ2) is 12.7. The van der Waals surface area contributed by atoms with Crippen LogP contribution in [0, 0.1) is 13.8 Å². The minimum Gasteiger partial charge on any atom is -0.450 e. The molecular weight excluding hydrogens is 438 g/mol. The van der Waals surface area contributed by atoms with E-state index in [0.29, 0.717) is 16.8 Å². The lowest BCUT2D eigenvalue weighted by atomic mass is 10.1. The Labute approximate surface area is 199 Å². The van der Waals surface area contributed by atoms with Gasteiger partial charge >= 0.3 is 6.09 Å². The number of nitrogens with one attached hydrogen (secondary N) is 2. The Morgan fingerprint density at radius 3 is 2.45 bits per heavy atom. The second-order valence-corrected chi connectivity index (χ2v) is 8.22. The maximum atomic E-state index is 13.2. The van der Waals surface area contributed by atoms with Gasteiger partial charge in [-0.05, 0) is 68.6 Å². The van der Waals surface area contributed by atoms with E-state index in [9.17, 15) is 14.4 Å². The molecule has 1 fully saturated rings. The normalized spacial score (nSPS) is 14.7. The first-order valence-corrected chi connectivity index (χ1v) is 11.7. The van der Waals surface area contributed by atoms with Crippen molar-refractivity contribution in [3.05, 3.63) is 64.7 Å². The number of aryl methyl sites for hydroxylation is 2. The van der Waals surface area contributed by atoms with Crippen molar-refractivity contribution in [2.45, 2.75) is 39.5 Å². The summed E-state index contributed by atoms with van der Waals surface area (Å²) in [4.78, 5) is 38.2. The fraction of sp³-hybridized carbons (Fsp3) is 0.320. The molecule has 2 aromatic rings. The monoisotopic (exact) mass is 469 g/mol. The maximum absolute atomic E-state index is 13.2. The zero-order chi connectivity index (χ0) is 24.4. The van der Waals surface area contributed by atoms with Gasteiger partial charge in [0.1, 0.15) is 6.54 Å². The van der Waals surface area contributed by atoms with Crippen molar-refractivity contribution in [2.24, 2.45) is 0 Å². The van der Waals surface area contributed by atoms with Gasteiger partial charge in [0.15, 0.2) is 0 Å². The van der Waals surface area contributed by atoms with E-state index in [1.807, 2.05) is 64.1 Å². The Balaban J connectivity index is 0.00000187. The molecule has 3 rings (SSSR count). The number of hydrogen-bond acceptors (Lipinski definition) is 5. The summed E-state index contributed by atoms with van der Waals surface area (Å²) in [6.07, 6.45) is 1.13. The van der Waals surface area contributed by atoms with Crippen LogP contribution in [0.25, 0.3) is 6.08 Å². The van der Waals surface area contributed by atoms with E-state index in [1.165, 1.54) is 16.3 Å². The number of nitrogens with zero attached hydrogens (tertiary/aromatic N) is 1. The van der Waals surface area contributed by atoms with Crippen LogP contribution in [0.2, 0.25) is 0 Å². The van der Waals surface area contributed by atoms with E-state index < -0.39 is 6.09 Å². The van der Waals surface area contributed by atoms with E-state index in [2.05, 4.69) is 10.6 Å². The van der Waals surface area contributed by atoms with E-state index in [4.69, 9.17) is 4.74 Å². The summed E-state index contributed by atoms with van der Waals surface area (Å²) >= 11 is 1.23. The third-order valence-electron chi connectivity index (χ3n) is 4.55. The van der Waals surface area contributed by atoms with Crippen molar-refractivity contribution >= 4 is 41.6 Å². The Kier molecular flexibility index (Phi) is 10.00. The van der Waals surface area contributed by atoms with Crippen LogP contribution in [0.4, 0.5) is 10.5 Å². The Hall–Kier alpha value is -3.26. The Morgan fingerprint density at radius 2 is 1.79 bits per heavy atom. The van der Waals surface area contributed by atoms with Gasteiger partial charge in [0.05, 0.1) is 12.3 Å². The van der Waals surface area contributed by atoms with Crippen molar-refractivity contribution < 1.29 is 19.1 Å². The molecule has 2 aromatic carbocycles. The van der Waals surface area contributed by atoms with E-state index in [1.54, 1.807) is 19.1 Å². The smallest absolute Gasteiger partial charge is 0.411 e. The van der Waals surface area contributed by atoms with Gasteiger partial charge in [-0.3, -0.25) is 19.2 Å². The van der Waals surface area contributed by atoms with Gasteiger partial charge in [-0.15, -0.1) is 0 Å². The highest BCUT2D eigenvalue weighted by Gasteiger charge is 2.26. The summed E-state index contributed by atoms with van der Waals surface area (Å²) in [6, 6.07) is 13.2. The lowest BCUT2D eigenvalue weighted by Gasteiger charge is -2.19. The van der Waals surface area contributed by atoms with Crippen LogP contribution in [0.3, 0.4) is 0 Å². The van der Waals surface area contributed by atoms with Crippen LogP contribution in [0.15, 0.2) is 52.9 Å².